The molecule has 0 fully saturated rings. The van der Waals surface area contributed by atoms with Gasteiger partial charge in [-0.2, -0.15) is 0 Å². The molecule has 0 aliphatic carbocycles. The van der Waals surface area contributed by atoms with Gasteiger partial charge in [-0.05, 0) is 0 Å². The molecule has 0 spiro atoms. The highest BCUT2D eigenvalue weighted by atomic mass is 16.5. The molecule has 0 radical (unpaired) electrons. The van der Waals surface area contributed by atoms with Gasteiger partial charge in [0.2, 0.25) is 0 Å². The molecule has 0 aromatic heterocycles. The number of ether oxygens (including phenoxy) is 1. The predicted molar refractivity (Wildman–Crippen MR) is 41.5 cm³/mol. The van der Waals surface area contributed by atoms with Crippen LogP contribution in [-0.4, -0.2) is 45.9 Å². The van der Waals surface area contributed by atoms with E-state index >= 15 is 0 Å². The van der Waals surface area contributed by atoms with E-state index in [1.54, 1.807) is 0 Å². The smallest absolute Gasteiger partial charge is 0.336 e. The van der Waals surface area contributed by atoms with Crippen LogP contribution in [0.1, 0.15) is 12.8 Å². The third kappa shape index (κ3) is 3.40. The van der Waals surface area contributed by atoms with Crippen molar-refractivity contribution in [3.63, 3.8) is 0 Å². The molecule has 0 aliphatic rings. The Bertz CT molecular complexity index is 259. The summed E-state index contributed by atoms with van der Waals surface area (Å²) in [6, 6.07) is 0. The summed E-state index contributed by atoms with van der Waals surface area (Å²) < 4.78 is 4.12. The molecule has 0 aromatic rings. The second-order valence-electron chi connectivity index (χ2n) is 2.66. The van der Waals surface area contributed by atoms with E-state index in [1.807, 2.05) is 0 Å². The van der Waals surface area contributed by atoms with Gasteiger partial charge in [0.15, 0.2) is 5.60 Å². The van der Waals surface area contributed by atoms with Crippen molar-refractivity contribution >= 4 is 17.9 Å². The van der Waals surface area contributed by atoms with Crippen LogP contribution in [0.15, 0.2) is 0 Å². The first-order valence-corrected chi connectivity index (χ1v) is 3.56. The highest BCUT2D eigenvalue weighted by molar-refractivity contribution is 5.88. The molecule has 0 aliphatic heterocycles. The number of hydrogen-bond acceptors (Lipinski definition) is 5. The van der Waals surface area contributed by atoms with Crippen LogP contribution in [-0.2, 0) is 19.1 Å². The zero-order valence-electron chi connectivity index (χ0n) is 7.39. The molecule has 0 heterocycles. The van der Waals surface area contributed by atoms with Crippen LogP contribution in [0.2, 0.25) is 0 Å². The lowest BCUT2D eigenvalue weighted by Gasteiger charge is -2.19. The Morgan fingerprint density at radius 3 is 2.00 bits per heavy atom. The van der Waals surface area contributed by atoms with E-state index in [4.69, 9.17) is 10.2 Å². The Morgan fingerprint density at radius 2 is 1.71 bits per heavy atom. The van der Waals surface area contributed by atoms with Crippen molar-refractivity contribution in [3.8, 4) is 0 Å². The van der Waals surface area contributed by atoms with Crippen LogP contribution in [0, 0.1) is 0 Å². The Hall–Kier alpha value is -1.63. The molecule has 0 aromatic carbocycles. The van der Waals surface area contributed by atoms with Gasteiger partial charge < -0.3 is 20.1 Å². The molecule has 0 amide bonds. The summed E-state index contributed by atoms with van der Waals surface area (Å²) in [4.78, 5) is 31.4. The molecule has 1 atom stereocenters. The number of carboxylic acids is 2. The number of carboxylic acid groups (broad SMARTS) is 2. The largest absolute Gasteiger partial charge is 0.481 e. The van der Waals surface area contributed by atoms with Gasteiger partial charge in [0.25, 0.3) is 0 Å². The average molecular weight is 206 g/mol. The lowest BCUT2D eigenvalue weighted by Crippen LogP contribution is -2.42. The minimum atomic E-state index is -2.61. The third-order valence-electron chi connectivity index (χ3n) is 1.51. The number of carbonyl (C=O) groups is 3. The van der Waals surface area contributed by atoms with Crippen molar-refractivity contribution in [2.75, 3.05) is 7.11 Å². The lowest BCUT2D eigenvalue weighted by molar-refractivity contribution is -0.171. The van der Waals surface area contributed by atoms with Crippen molar-refractivity contribution in [3.05, 3.63) is 0 Å². The summed E-state index contributed by atoms with van der Waals surface area (Å²) in [6.45, 7) is 0. The number of rotatable bonds is 5. The van der Waals surface area contributed by atoms with E-state index in [0.717, 1.165) is 7.11 Å². The fraction of sp³-hybridized carbons (Fsp3) is 0.571. The third-order valence-corrected chi connectivity index (χ3v) is 1.51. The fourth-order valence-corrected chi connectivity index (χ4v) is 0.775. The second kappa shape index (κ2) is 4.56. The van der Waals surface area contributed by atoms with Crippen LogP contribution in [0.3, 0.4) is 0 Å². The first-order chi connectivity index (χ1) is 6.31. The van der Waals surface area contributed by atoms with Crippen LogP contribution in [0.25, 0.3) is 0 Å². The monoisotopic (exact) mass is 206 g/mol. The Morgan fingerprint density at radius 1 is 1.21 bits per heavy atom. The number of aliphatic carboxylic acids is 2. The van der Waals surface area contributed by atoms with Gasteiger partial charge in [-0.1, -0.05) is 0 Å². The molecule has 0 saturated heterocycles. The van der Waals surface area contributed by atoms with Crippen molar-refractivity contribution in [2.45, 2.75) is 18.4 Å². The zero-order chi connectivity index (χ0) is 11.4. The minimum absolute atomic E-state index is 0.898. The molecule has 0 rings (SSSR count). The van der Waals surface area contributed by atoms with Gasteiger partial charge >= 0.3 is 17.9 Å². The van der Waals surface area contributed by atoms with Gasteiger partial charge in [0.05, 0.1) is 20.0 Å². The summed E-state index contributed by atoms with van der Waals surface area (Å²) in [5.74, 6) is -4.28. The van der Waals surface area contributed by atoms with Crippen LogP contribution < -0.4 is 0 Å². The van der Waals surface area contributed by atoms with Crippen molar-refractivity contribution in [1.29, 1.82) is 0 Å². The quantitative estimate of drug-likeness (QED) is 0.485. The van der Waals surface area contributed by atoms with Crippen LogP contribution in [0.4, 0.5) is 0 Å². The maximum atomic E-state index is 10.7. The topological polar surface area (TPSA) is 121 Å². The fourth-order valence-electron chi connectivity index (χ4n) is 0.775. The summed E-state index contributed by atoms with van der Waals surface area (Å²) in [7, 11) is 1.01. The van der Waals surface area contributed by atoms with E-state index in [-0.39, 0.29) is 0 Å². The van der Waals surface area contributed by atoms with Gasteiger partial charge in [-0.25, -0.2) is 4.79 Å². The molecule has 80 valence electrons. The predicted octanol–water partition coefficient (Wildman–Crippen LogP) is -1.16. The summed E-state index contributed by atoms with van der Waals surface area (Å²) in [6.07, 6.45) is -1.96. The van der Waals surface area contributed by atoms with E-state index in [2.05, 4.69) is 4.74 Å². The SMILES string of the molecule is COC(=O)C[C@@](O)(CC(=O)O)C(=O)O. The minimum Gasteiger partial charge on any atom is -0.481 e. The van der Waals surface area contributed by atoms with Crippen LogP contribution >= 0.6 is 0 Å². The highest BCUT2D eigenvalue weighted by Gasteiger charge is 2.41. The highest BCUT2D eigenvalue weighted by Crippen LogP contribution is 2.16. The molecular weight excluding hydrogens is 196 g/mol. The second-order valence-corrected chi connectivity index (χ2v) is 2.66. The molecule has 0 bridgehead atoms. The first-order valence-electron chi connectivity index (χ1n) is 3.56. The molecule has 7 nitrogen and oxygen atoms in total. The average Bonchev–Trinajstić information content (AvgIpc) is 2.02. The van der Waals surface area contributed by atoms with E-state index in [0.29, 0.717) is 0 Å². The Balaban J connectivity index is 4.63. The molecule has 0 saturated carbocycles. The maximum Gasteiger partial charge on any atom is 0.336 e. The number of hydrogen-bond donors (Lipinski definition) is 3. The normalized spacial score (nSPS) is 14.1. The van der Waals surface area contributed by atoms with E-state index in [9.17, 15) is 19.5 Å². The van der Waals surface area contributed by atoms with E-state index < -0.39 is 36.4 Å². The Labute approximate surface area is 78.9 Å². The van der Waals surface area contributed by atoms with Crippen molar-refractivity contribution < 1.29 is 34.4 Å². The van der Waals surface area contributed by atoms with Crippen LogP contribution in [0.5, 0.6) is 0 Å². The number of methoxy groups -OCH3 is 1. The van der Waals surface area contributed by atoms with Gasteiger partial charge in [-0.3, -0.25) is 9.59 Å². The van der Waals surface area contributed by atoms with Crippen molar-refractivity contribution in [1.82, 2.24) is 0 Å². The number of aliphatic hydroxyl groups is 1. The van der Waals surface area contributed by atoms with Crippen molar-refractivity contribution in [2.24, 2.45) is 0 Å². The molecule has 3 N–H and O–H groups in total. The number of carbonyl (C=O) groups excluding carboxylic acids is 1. The standard InChI is InChI=1S/C7H10O7/c1-14-5(10)3-7(13,6(11)12)2-4(8)9/h13H,2-3H2,1H3,(H,8,9)(H,11,12)/t7-/m0/s1. The maximum absolute atomic E-state index is 10.7. The zero-order valence-corrected chi connectivity index (χ0v) is 7.39. The molecule has 0 unspecified atom stereocenters. The first kappa shape index (κ1) is 12.4. The summed E-state index contributed by atoms with van der Waals surface area (Å²) in [5.41, 5.74) is -2.61. The number of esters is 1. The lowest BCUT2D eigenvalue weighted by atomic mass is 9.96. The molecule has 14 heavy (non-hydrogen) atoms. The molecule has 7 heteroatoms. The van der Waals surface area contributed by atoms with Gasteiger partial charge in [0, 0.05) is 0 Å². The van der Waals surface area contributed by atoms with E-state index in [1.165, 1.54) is 0 Å². The summed E-state index contributed by atoms with van der Waals surface area (Å²) >= 11 is 0. The summed E-state index contributed by atoms with van der Waals surface area (Å²) in [5, 5.41) is 26.1. The Kier molecular flexibility index (Phi) is 4.03. The van der Waals surface area contributed by atoms with Gasteiger partial charge in [0.1, 0.15) is 0 Å². The molecular formula is C7H10O7. The van der Waals surface area contributed by atoms with Gasteiger partial charge in [-0.15, -0.1) is 0 Å².